The van der Waals surface area contributed by atoms with Crippen LogP contribution in [-0.4, -0.2) is 36.7 Å². The molecule has 5 rings (SSSR count). The molecule has 0 unspecified atom stereocenters. The zero-order chi connectivity index (χ0) is 23.8. The molecule has 0 radical (unpaired) electrons. The summed E-state index contributed by atoms with van der Waals surface area (Å²) < 4.78 is 10.7. The summed E-state index contributed by atoms with van der Waals surface area (Å²) in [6.45, 7) is 2.63. The highest BCUT2D eigenvalue weighted by Crippen LogP contribution is 2.39. The lowest BCUT2D eigenvalue weighted by Gasteiger charge is -2.36. The Kier molecular flexibility index (Phi) is 5.84. The number of rotatable bonds is 4. The molecule has 2 heterocycles. The lowest BCUT2D eigenvalue weighted by Crippen LogP contribution is -2.43. The Hall–Kier alpha value is -3.64. The molecule has 3 aromatic carbocycles. The molecule has 1 atom stereocenters. The number of halogens is 1. The van der Waals surface area contributed by atoms with E-state index in [2.05, 4.69) is 41.5 Å². The Morgan fingerprint density at radius 3 is 2.53 bits per heavy atom. The summed E-state index contributed by atoms with van der Waals surface area (Å²) in [7, 11) is 3.16. The quantitative estimate of drug-likeness (QED) is 0.362. The van der Waals surface area contributed by atoms with E-state index in [1.54, 1.807) is 32.4 Å². The molecule has 1 aliphatic heterocycles. The maximum atomic E-state index is 13.6. The second kappa shape index (κ2) is 8.95. The summed E-state index contributed by atoms with van der Waals surface area (Å²) in [5, 5.41) is 4.85. The zero-order valence-corrected chi connectivity index (χ0v) is 20.1. The minimum Gasteiger partial charge on any atom is -0.493 e. The first-order valence-electron chi connectivity index (χ1n) is 11.1. The first-order chi connectivity index (χ1) is 16.5. The Balaban J connectivity index is 1.54. The summed E-state index contributed by atoms with van der Waals surface area (Å²) >= 11 is 6.30. The predicted molar refractivity (Wildman–Crippen MR) is 135 cm³/mol. The van der Waals surface area contributed by atoms with E-state index in [0.29, 0.717) is 28.8 Å². The van der Waals surface area contributed by atoms with Gasteiger partial charge in [0.05, 0.1) is 20.3 Å². The predicted octanol–water partition coefficient (Wildman–Crippen LogP) is 6.33. The number of anilines is 1. The van der Waals surface area contributed by atoms with Gasteiger partial charge in [0.1, 0.15) is 0 Å². The average molecular weight is 476 g/mol. The minimum absolute atomic E-state index is 0.180. The number of aromatic amines is 1. The Morgan fingerprint density at radius 2 is 1.79 bits per heavy atom. The molecule has 2 amide bonds. The van der Waals surface area contributed by atoms with Crippen LogP contribution < -0.4 is 14.8 Å². The van der Waals surface area contributed by atoms with E-state index in [-0.39, 0.29) is 12.1 Å². The Morgan fingerprint density at radius 1 is 1.03 bits per heavy atom. The lowest BCUT2D eigenvalue weighted by molar-refractivity contribution is 0.193. The second-order valence-electron chi connectivity index (χ2n) is 8.46. The van der Waals surface area contributed by atoms with Crippen LogP contribution in [0.25, 0.3) is 10.9 Å². The van der Waals surface area contributed by atoms with Crippen LogP contribution in [0.5, 0.6) is 11.5 Å². The van der Waals surface area contributed by atoms with Gasteiger partial charge in [-0.15, -0.1) is 0 Å². The highest BCUT2D eigenvalue weighted by Gasteiger charge is 2.34. The van der Waals surface area contributed by atoms with E-state index in [1.165, 1.54) is 11.1 Å². The van der Waals surface area contributed by atoms with Crippen molar-refractivity contribution in [3.63, 3.8) is 0 Å². The highest BCUT2D eigenvalue weighted by atomic mass is 35.5. The number of urea groups is 1. The minimum atomic E-state index is -0.254. The van der Waals surface area contributed by atoms with Gasteiger partial charge in [-0.2, -0.15) is 0 Å². The van der Waals surface area contributed by atoms with Gasteiger partial charge in [-0.1, -0.05) is 41.4 Å². The largest absolute Gasteiger partial charge is 0.493 e. The van der Waals surface area contributed by atoms with E-state index >= 15 is 0 Å². The van der Waals surface area contributed by atoms with Crippen molar-refractivity contribution in [3.8, 4) is 11.5 Å². The van der Waals surface area contributed by atoms with Gasteiger partial charge in [0.15, 0.2) is 11.5 Å². The van der Waals surface area contributed by atoms with Crippen molar-refractivity contribution in [2.45, 2.75) is 19.4 Å². The molecule has 0 saturated carbocycles. The van der Waals surface area contributed by atoms with Gasteiger partial charge < -0.3 is 24.7 Å². The molecule has 4 aromatic rings. The molecule has 0 fully saturated rings. The van der Waals surface area contributed by atoms with Crippen LogP contribution in [-0.2, 0) is 6.42 Å². The average Bonchev–Trinajstić information content (AvgIpc) is 3.21. The molecule has 1 aliphatic rings. The smallest absolute Gasteiger partial charge is 0.322 e. The number of H-pyrrole nitrogens is 1. The number of carbonyl (C=O) groups is 1. The Labute approximate surface area is 203 Å². The van der Waals surface area contributed by atoms with Crippen molar-refractivity contribution < 1.29 is 14.3 Å². The first kappa shape index (κ1) is 22.2. The van der Waals surface area contributed by atoms with E-state index in [9.17, 15) is 4.79 Å². The number of aromatic nitrogens is 1. The van der Waals surface area contributed by atoms with Crippen molar-refractivity contribution in [1.82, 2.24) is 9.88 Å². The molecule has 0 bridgehead atoms. The van der Waals surface area contributed by atoms with E-state index in [4.69, 9.17) is 21.1 Å². The highest BCUT2D eigenvalue weighted by molar-refractivity contribution is 6.31. The Bertz CT molecular complexity index is 1360. The number of ether oxygens (including phenoxy) is 2. The molecule has 0 saturated heterocycles. The number of nitrogens with one attached hydrogen (secondary N) is 2. The number of carbonyl (C=O) groups excluding carboxylic acids is 1. The maximum absolute atomic E-state index is 13.6. The lowest BCUT2D eigenvalue weighted by atomic mass is 9.92. The molecular formula is C27H26ClN3O3. The van der Waals surface area contributed by atoms with Crippen molar-refractivity contribution in [2.24, 2.45) is 0 Å². The summed E-state index contributed by atoms with van der Waals surface area (Å²) in [4.78, 5) is 19.0. The van der Waals surface area contributed by atoms with Gasteiger partial charge in [-0.3, -0.25) is 0 Å². The van der Waals surface area contributed by atoms with E-state index in [1.807, 2.05) is 23.1 Å². The van der Waals surface area contributed by atoms with Crippen LogP contribution in [0.3, 0.4) is 0 Å². The van der Waals surface area contributed by atoms with Crippen LogP contribution in [0.2, 0.25) is 5.02 Å². The first-order valence-corrected chi connectivity index (χ1v) is 11.5. The summed E-state index contributed by atoms with van der Waals surface area (Å²) in [5.41, 5.74) is 6.11. The van der Waals surface area contributed by atoms with Crippen LogP contribution in [0, 0.1) is 6.92 Å². The molecular weight excluding hydrogens is 450 g/mol. The molecule has 0 aliphatic carbocycles. The molecule has 0 spiro atoms. The topological polar surface area (TPSA) is 66.6 Å². The number of nitrogens with zero attached hydrogens (tertiary/aromatic N) is 1. The number of methoxy groups -OCH3 is 2. The third-order valence-electron chi connectivity index (χ3n) is 6.38. The van der Waals surface area contributed by atoms with Crippen molar-refractivity contribution >= 4 is 34.2 Å². The van der Waals surface area contributed by atoms with Gasteiger partial charge >= 0.3 is 6.03 Å². The summed E-state index contributed by atoms with van der Waals surface area (Å²) in [6.07, 6.45) is 0.734. The van der Waals surface area contributed by atoms with Gasteiger partial charge in [0, 0.05) is 39.9 Å². The van der Waals surface area contributed by atoms with Crippen molar-refractivity contribution in [3.05, 3.63) is 88.1 Å². The summed E-state index contributed by atoms with van der Waals surface area (Å²) in [6, 6.07) is 19.1. The fraction of sp³-hybridized carbons (Fsp3) is 0.222. The molecule has 1 aromatic heterocycles. The fourth-order valence-electron chi connectivity index (χ4n) is 4.68. The normalized spacial score (nSPS) is 15.2. The van der Waals surface area contributed by atoms with Gasteiger partial charge in [-0.25, -0.2) is 4.79 Å². The monoisotopic (exact) mass is 475 g/mol. The van der Waals surface area contributed by atoms with Gasteiger partial charge in [0.2, 0.25) is 0 Å². The molecule has 174 valence electrons. The van der Waals surface area contributed by atoms with Crippen LogP contribution in [0.15, 0.2) is 60.7 Å². The molecule has 6 nitrogen and oxygen atoms in total. The SMILES string of the molecule is COc1ccc(NC(=O)N2CCc3c([nH]c4ccc(Cl)cc34)[C@@H]2c2ccc(C)cc2)cc1OC. The van der Waals surface area contributed by atoms with E-state index < -0.39 is 0 Å². The van der Waals surface area contributed by atoms with Crippen LogP contribution >= 0.6 is 11.6 Å². The van der Waals surface area contributed by atoms with Crippen LogP contribution in [0.1, 0.15) is 28.4 Å². The van der Waals surface area contributed by atoms with Crippen molar-refractivity contribution in [2.75, 3.05) is 26.1 Å². The number of hydrogen-bond acceptors (Lipinski definition) is 3. The number of hydrogen-bond donors (Lipinski definition) is 2. The van der Waals surface area contributed by atoms with Gasteiger partial charge in [0.25, 0.3) is 0 Å². The molecule has 34 heavy (non-hydrogen) atoms. The third kappa shape index (κ3) is 3.94. The van der Waals surface area contributed by atoms with Crippen LogP contribution in [0.4, 0.5) is 10.5 Å². The third-order valence-corrected chi connectivity index (χ3v) is 6.61. The number of benzene rings is 3. The maximum Gasteiger partial charge on any atom is 0.322 e. The number of fused-ring (bicyclic) bond motifs is 3. The zero-order valence-electron chi connectivity index (χ0n) is 19.3. The summed E-state index contributed by atoms with van der Waals surface area (Å²) in [5.74, 6) is 1.17. The second-order valence-corrected chi connectivity index (χ2v) is 8.90. The van der Waals surface area contributed by atoms with E-state index in [0.717, 1.165) is 28.6 Å². The standard InChI is InChI=1S/C27H26ClN3O3/c1-16-4-6-17(7-5-16)26-25-20(21-14-18(28)8-10-22(21)30-25)12-13-31(26)27(32)29-19-9-11-23(33-2)24(15-19)34-3/h4-11,14-15,26,30H,12-13H2,1-3H3,(H,29,32)/t26-/m0/s1. The van der Waals surface area contributed by atoms with Crippen molar-refractivity contribution in [1.29, 1.82) is 0 Å². The fourth-order valence-corrected chi connectivity index (χ4v) is 4.86. The molecule has 2 N–H and O–H groups in total. The molecule has 7 heteroatoms. The number of aryl methyl sites for hydroxylation is 1. The van der Waals surface area contributed by atoms with Gasteiger partial charge in [-0.05, 0) is 54.8 Å². The number of amides is 2.